The van der Waals surface area contributed by atoms with Gasteiger partial charge in [0.1, 0.15) is 0 Å². The lowest BCUT2D eigenvalue weighted by Crippen LogP contribution is -2.05. The van der Waals surface area contributed by atoms with E-state index < -0.39 is 0 Å². The Bertz CT molecular complexity index is 318. The molecule has 2 rings (SSSR count). The van der Waals surface area contributed by atoms with Gasteiger partial charge in [-0.1, -0.05) is 0 Å². The quantitative estimate of drug-likeness (QED) is 0.666. The number of hydrogen-bond acceptors (Lipinski definition) is 3. The second-order valence-electron chi connectivity index (χ2n) is 3.10. The summed E-state index contributed by atoms with van der Waals surface area (Å²) in [5.74, 6) is 0.372. The van der Waals surface area contributed by atoms with Crippen LogP contribution < -0.4 is 5.73 Å². The molecule has 0 radical (unpaired) electrons. The van der Waals surface area contributed by atoms with Crippen molar-refractivity contribution in [3.8, 4) is 0 Å². The molecular weight excluding hydrogens is 152 g/mol. The number of rotatable bonds is 2. The van der Waals surface area contributed by atoms with E-state index in [0.717, 1.165) is 12.8 Å². The molecule has 0 aromatic carbocycles. The second-order valence-corrected chi connectivity index (χ2v) is 3.10. The van der Waals surface area contributed by atoms with Gasteiger partial charge in [0, 0.05) is 24.0 Å². The molecule has 1 aliphatic carbocycles. The first-order chi connectivity index (χ1) is 5.79. The molecule has 1 aromatic rings. The minimum absolute atomic E-state index is 0.153. The van der Waals surface area contributed by atoms with Gasteiger partial charge in [-0.15, -0.1) is 0 Å². The van der Waals surface area contributed by atoms with Crippen LogP contribution in [-0.2, 0) is 0 Å². The van der Waals surface area contributed by atoms with Crippen LogP contribution in [0.2, 0.25) is 0 Å². The highest BCUT2D eigenvalue weighted by Gasteiger charge is 2.31. The Balaban J connectivity index is 2.32. The lowest BCUT2D eigenvalue weighted by molar-refractivity contribution is 0.0968. The van der Waals surface area contributed by atoms with Gasteiger partial charge in [0.2, 0.25) is 0 Å². The smallest absolute Gasteiger partial charge is 0.169 e. The molecule has 0 spiro atoms. The summed E-state index contributed by atoms with van der Waals surface area (Å²) in [6, 6.07) is 1.66. The third-order valence-corrected chi connectivity index (χ3v) is 2.07. The molecule has 2 N–H and O–H groups in total. The van der Waals surface area contributed by atoms with Crippen molar-refractivity contribution in [1.29, 1.82) is 0 Å². The first kappa shape index (κ1) is 7.28. The summed E-state index contributed by atoms with van der Waals surface area (Å²) in [5, 5.41) is 0. The van der Waals surface area contributed by atoms with E-state index in [4.69, 9.17) is 5.73 Å². The standard InChI is InChI=1S/C9H10N2O/c10-8-3-4-11-5-7(8)9(12)6-1-2-6/h3-6H,1-2H2,(H2,10,11). The fourth-order valence-electron chi connectivity index (χ4n) is 1.18. The van der Waals surface area contributed by atoms with E-state index in [2.05, 4.69) is 4.98 Å². The molecule has 0 bridgehead atoms. The zero-order valence-corrected chi connectivity index (χ0v) is 6.66. The molecular formula is C9H10N2O. The van der Waals surface area contributed by atoms with Crippen molar-refractivity contribution < 1.29 is 4.79 Å². The molecule has 0 aliphatic heterocycles. The van der Waals surface area contributed by atoms with E-state index >= 15 is 0 Å². The van der Waals surface area contributed by atoms with E-state index in [9.17, 15) is 4.79 Å². The van der Waals surface area contributed by atoms with Gasteiger partial charge in [0.15, 0.2) is 5.78 Å². The number of aromatic nitrogens is 1. The van der Waals surface area contributed by atoms with Crippen LogP contribution in [0.5, 0.6) is 0 Å². The third-order valence-electron chi connectivity index (χ3n) is 2.07. The van der Waals surface area contributed by atoms with Crippen LogP contribution in [0, 0.1) is 5.92 Å². The highest BCUT2D eigenvalue weighted by Crippen LogP contribution is 2.33. The number of ketones is 1. The summed E-state index contributed by atoms with van der Waals surface area (Å²) in [6.07, 6.45) is 5.16. The number of nitrogens with two attached hydrogens (primary N) is 1. The number of Topliss-reactive ketones (excluding diaryl/α,β-unsaturated/α-hetero) is 1. The lowest BCUT2D eigenvalue weighted by Gasteiger charge is -2.00. The van der Waals surface area contributed by atoms with E-state index in [1.54, 1.807) is 18.5 Å². The summed E-state index contributed by atoms with van der Waals surface area (Å²) in [4.78, 5) is 15.4. The van der Waals surface area contributed by atoms with Crippen molar-refractivity contribution in [2.75, 3.05) is 5.73 Å². The summed E-state index contributed by atoms with van der Waals surface area (Å²) < 4.78 is 0. The predicted molar refractivity (Wildman–Crippen MR) is 45.7 cm³/mol. The van der Waals surface area contributed by atoms with Crippen LogP contribution in [0.4, 0.5) is 5.69 Å². The normalized spacial score (nSPS) is 16.0. The topological polar surface area (TPSA) is 56.0 Å². The van der Waals surface area contributed by atoms with Crippen molar-refractivity contribution in [2.45, 2.75) is 12.8 Å². The van der Waals surface area contributed by atoms with Crippen molar-refractivity contribution in [3.63, 3.8) is 0 Å². The Morgan fingerprint density at radius 3 is 2.92 bits per heavy atom. The van der Waals surface area contributed by atoms with Gasteiger partial charge in [-0.3, -0.25) is 9.78 Å². The van der Waals surface area contributed by atoms with Crippen molar-refractivity contribution >= 4 is 11.5 Å². The molecule has 1 aromatic heterocycles. The molecule has 3 heteroatoms. The fourth-order valence-corrected chi connectivity index (χ4v) is 1.18. The van der Waals surface area contributed by atoms with E-state index in [-0.39, 0.29) is 11.7 Å². The van der Waals surface area contributed by atoms with Gasteiger partial charge in [-0.2, -0.15) is 0 Å². The Morgan fingerprint density at radius 1 is 1.58 bits per heavy atom. The summed E-state index contributed by atoms with van der Waals surface area (Å²) in [5.41, 5.74) is 6.75. The summed E-state index contributed by atoms with van der Waals surface area (Å²) in [7, 11) is 0. The number of pyridine rings is 1. The Morgan fingerprint density at radius 2 is 2.33 bits per heavy atom. The van der Waals surface area contributed by atoms with Crippen molar-refractivity contribution in [3.05, 3.63) is 24.0 Å². The molecule has 0 amide bonds. The number of nitrogen functional groups attached to an aromatic ring is 1. The zero-order valence-electron chi connectivity index (χ0n) is 6.66. The van der Waals surface area contributed by atoms with Crippen LogP contribution in [0.1, 0.15) is 23.2 Å². The first-order valence-corrected chi connectivity index (χ1v) is 4.03. The minimum Gasteiger partial charge on any atom is -0.398 e. The first-order valence-electron chi connectivity index (χ1n) is 4.03. The third kappa shape index (κ3) is 1.18. The van der Waals surface area contributed by atoms with Crippen LogP contribution in [0.15, 0.2) is 18.5 Å². The molecule has 1 heterocycles. The number of anilines is 1. The maximum atomic E-state index is 11.5. The summed E-state index contributed by atoms with van der Waals surface area (Å²) >= 11 is 0. The molecule has 0 atom stereocenters. The Kier molecular flexibility index (Phi) is 1.57. The van der Waals surface area contributed by atoms with Gasteiger partial charge in [-0.25, -0.2) is 0 Å². The molecule has 62 valence electrons. The van der Waals surface area contributed by atoms with Crippen LogP contribution >= 0.6 is 0 Å². The highest BCUT2D eigenvalue weighted by molar-refractivity contribution is 6.03. The van der Waals surface area contributed by atoms with Crippen LogP contribution in [0.3, 0.4) is 0 Å². The van der Waals surface area contributed by atoms with E-state index in [1.165, 1.54) is 0 Å². The molecule has 12 heavy (non-hydrogen) atoms. The zero-order chi connectivity index (χ0) is 8.55. The Labute approximate surface area is 70.6 Å². The molecule has 3 nitrogen and oxygen atoms in total. The SMILES string of the molecule is Nc1ccncc1C(=O)C1CC1. The molecule has 1 saturated carbocycles. The van der Waals surface area contributed by atoms with Gasteiger partial charge >= 0.3 is 0 Å². The number of nitrogens with zero attached hydrogens (tertiary/aromatic N) is 1. The number of carbonyl (C=O) groups is 1. The molecule has 1 fully saturated rings. The monoisotopic (exact) mass is 162 g/mol. The van der Waals surface area contributed by atoms with Gasteiger partial charge in [0.05, 0.1) is 5.56 Å². The number of carbonyl (C=O) groups excluding carboxylic acids is 1. The number of hydrogen-bond donors (Lipinski definition) is 1. The van der Waals surface area contributed by atoms with Gasteiger partial charge in [-0.05, 0) is 18.9 Å². The lowest BCUT2D eigenvalue weighted by atomic mass is 10.1. The summed E-state index contributed by atoms with van der Waals surface area (Å²) in [6.45, 7) is 0. The molecule has 0 saturated heterocycles. The molecule has 1 aliphatic rings. The largest absolute Gasteiger partial charge is 0.398 e. The maximum Gasteiger partial charge on any atom is 0.169 e. The maximum absolute atomic E-state index is 11.5. The van der Waals surface area contributed by atoms with Gasteiger partial charge < -0.3 is 5.73 Å². The van der Waals surface area contributed by atoms with Crippen molar-refractivity contribution in [1.82, 2.24) is 4.98 Å². The van der Waals surface area contributed by atoms with Gasteiger partial charge in [0.25, 0.3) is 0 Å². The van der Waals surface area contributed by atoms with Crippen LogP contribution in [0.25, 0.3) is 0 Å². The average molecular weight is 162 g/mol. The minimum atomic E-state index is 0.153. The second kappa shape index (κ2) is 2.59. The Hall–Kier alpha value is -1.38. The van der Waals surface area contributed by atoms with E-state index in [0.29, 0.717) is 11.3 Å². The van der Waals surface area contributed by atoms with Crippen molar-refractivity contribution in [2.24, 2.45) is 5.92 Å². The predicted octanol–water partition coefficient (Wildman–Crippen LogP) is 1.26. The van der Waals surface area contributed by atoms with E-state index in [1.807, 2.05) is 0 Å². The fraction of sp³-hybridized carbons (Fsp3) is 0.333. The highest BCUT2D eigenvalue weighted by atomic mass is 16.1. The molecule has 0 unspecified atom stereocenters. The van der Waals surface area contributed by atoms with Crippen LogP contribution in [-0.4, -0.2) is 10.8 Å². The average Bonchev–Trinajstić information content (AvgIpc) is 2.86.